The van der Waals surface area contributed by atoms with Crippen molar-refractivity contribution in [3.63, 3.8) is 0 Å². The third-order valence-electron chi connectivity index (χ3n) is 3.67. The van der Waals surface area contributed by atoms with Crippen molar-refractivity contribution in [3.05, 3.63) is 0 Å². The number of hydrogen-bond donors (Lipinski definition) is 1. The smallest absolute Gasteiger partial charge is 0.239 e. The number of likely N-dealkylation sites (tertiary alicyclic amines) is 1. The summed E-state index contributed by atoms with van der Waals surface area (Å²) in [5.41, 5.74) is 5.95. The van der Waals surface area contributed by atoms with Crippen LogP contribution in [0.1, 0.15) is 20.3 Å². The molecular formula is C12H24N2O3. The summed E-state index contributed by atoms with van der Waals surface area (Å²) in [4.78, 5) is 13.9. The van der Waals surface area contributed by atoms with E-state index in [0.29, 0.717) is 13.1 Å². The Hall–Kier alpha value is -0.650. The highest BCUT2D eigenvalue weighted by atomic mass is 16.5. The van der Waals surface area contributed by atoms with Gasteiger partial charge in [0.2, 0.25) is 5.91 Å². The van der Waals surface area contributed by atoms with Crippen LogP contribution in [0.15, 0.2) is 0 Å². The quantitative estimate of drug-likeness (QED) is 0.752. The van der Waals surface area contributed by atoms with Crippen LogP contribution < -0.4 is 5.73 Å². The number of ether oxygens (including phenoxy) is 2. The topological polar surface area (TPSA) is 64.8 Å². The number of amides is 1. The zero-order chi connectivity index (χ0) is 13.0. The van der Waals surface area contributed by atoms with Gasteiger partial charge in [0.15, 0.2) is 0 Å². The molecule has 5 heteroatoms. The maximum atomic E-state index is 12.2. The fourth-order valence-electron chi connectivity index (χ4n) is 2.08. The normalized spacial score (nSPS) is 28.2. The minimum absolute atomic E-state index is 0.000880. The molecule has 0 radical (unpaired) electrons. The molecule has 0 saturated carbocycles. The van der Waals surface area contributed by atoms with Crippen molar-refractivity contribution in [2.24, 2.45) is 11.7 Å². The Morgan fingerprint density at radius 1 is 1.35 bits per heavy atom. The number of carbonyl (C=O) groups is 1. The van der Waals surface area contributed by atoms with E-state index in [1.54, 1.807) is 19.1 Å². The van der Waals surface area contributed by atoms with Crippen molar-refractivity contribution >= 4 is 5.91 Å². The monoisotopic (exact) mass is 244 g/mol. The highest BCUT2D eigenvalue weighted by Gasteiger charge is 2.37. The van der Waals surface area contributed by atoms with Gasteiger partial charge in [-0.2, -0.15) is 0 Å². The van der Waals surface area contributed by atoms with Crippen molar-refractivity contribution in [1.29, 1.82) is 0 Å². The van der Waals surface area contributed by atoms with Gasteiger partial charge in [0.05, 0.1) is 6.04 Å². The van der Waals surface area contributed by atoms with E-state index in [1.807, 2.05) is 13.8 Å². The van der Waals surface area contributed by atoms with E-state index in [4.69, 9.17) is 15.2 Å². The first-order chi connectivity index (χ1) is 8.04. The molecule has 17 heavy (non-hydrogen) atoms. The van der Waals surface area contributed by atoms with E-state index >= 15 is 0 Å². The summed E-state index contributed by atoms with van der Waals surface area (Å²) < 4.78 is 10.6. The van der Waals surface area contributed by atoms with Crippen LogP contribution in [-0.4, -0.2) is 56.4 Å². The van der Waals surface area contributed by atoms with Gasteiger partial charge in [0.1, 0.15) is 12.2 Å². The molecule has 1 fully saturated rings. The van der Waals surface area contributed by atoms with Crippen LogP contribution in [-0.2, 0) is 14.3 Å². The number of hydrogen-bond acceptors (Lipinski definition) is 4. The van der Waals surface area contributed by atoms with Crippen LogP contribution in [0.2, 0.25) is 0 Å². The molecule has 1 amide bonds. The van der Waals surface area contributed by atoms with Gasteiger partial charge in [0, 0.05) is 27.3 Å². The lowest BCUT2D eigenvalue weighted by atomic mass is 9.99. The summed E-state index contributed by atoms with van der Waals surface area (Å²) in [7, 11) is 3.28. The molecule has 0 aromatic carbocycles. The molecule has 2 N–H and O–H groups in total. The first-order valence-corrected chi connectivity index (χ1v) is 6.15. The van der Waals surface area contributed by atoms with E-state index in [2.05, 4.69) is 0 Å². The molecule has 1 heterocycles. The van der Waals surface area contributed by atoms with Crippen LogP contribution in [0.3, 0.4) is 0 Å². The highest BCUT2D eigenvalue weighted by Crippen LogP contribution is 2.18. The minimum atomic E-state index is -0.423. The van der Waals surface area contributed by atoms with Gasteiger partial charge in [-0.05, 0) is 5.92 Å². The van der Waals surface area contributed by atoms with E-state index in [-0.39, 0.29) is 24.0 Å². The maximum Gasteiger partial charge on any atom is 0.239 e. The predicted octanol–water partition coefficient (Wildman–Crippen LogP) is 0.232. The summed E-state index contributed by atoms with van der Waals surface area (Å²) in [6.07, 6.45) is 0.809. The molecule has 4 unspecified atom stereocenters. The Bertz CT molecular complexity index is 248. The lowest BCUT2D eigenvalue weighted by molar-refractivity contribution is -0.133. The molecule has 0 bridgehead atoms. The third-order valence-corrected chi connectivity index (χ3v) is 3.67. The molecular weight excluding hydrogens is 220 g/mol. The molecule has 0 aromatic rings. The molecule has 5 nitrogen and oxygen atoms in total. The average molecular weight is 244 g/mol. The van der Waals surface area contributed by atoms with Crippen molar-refractivity contribution in [1.82, 2.24) is 4.90 Å². The first kappa shape index (κ1) is 14.4. The molecule has 1 aliphatic rings. The lowest BCUT2D eigenvalue weighted by Gasteiger charge is -2.24. The van der Waals surface area contributed by atoms with Crippen molar-refractivity contribution in [3.8, 4) is 0 Å². The Morgan fingerprint density at radius 2 is 1.82 bits per heavy atom. The number of nitrogens with two attached hydrogens (primary N) is 1. The predicted molar refractivity (Wildman–Crippen MR) is 65.6 cm³/mol. The molecule has 0 spiro atoms. The van der Waals surface area contributed by atoms with Crippen molar-refractivity contribution in [2.75, 3.05) is 27.3 Å². The number of rotatable bonds is 5. The van der Waals surface area contributed by atoms with E-state index < -0.39 is 6.04 Å². The molecule has 100 valence electrons. The third kappa shape index (κ3) is 3.18. The second-order valence-corrected chi connectivity index (χ2v) is 4.70. The maximum absolute atomic E-state index is 12.2. The molecule has 4 atom stereocenters. The first-order valence-electron chi connectivity index (χ1n) is 6.15. The Kier molecular flexibility index (Phi) is 5.36. The zero-order valence-corrected chi connectivity index (χ0v) is 11.2. The van der Waals surface area contributed by atoms with Gasteiger partial charge < -0.3 is 20.1 Å². The molecule has 1 saturated heterocycles. The largest absolute Gasteiger partial charge is 0.377 e. The summed E-state index contributed by atoms with van der Waals surface area (Å²) in [5, 5.41) is 0. The van der Waals surface area contributed by atoms with Gasteiger partial charge in [-0.3, -0.25) is 4.79 Å². The summed E-state index contributed by atoms with van der Waals surface area (Å²) in [6.45, 7) is 5.17. The number of carbonyl (C=O) groups excluding carboxylic acids is 1. The van der Waals surface area contributed by atoms with E-state index in [1.165, 1.54) is 0 Å². The molecule has 1 aliphatic heterocycles. The summed E-state index contributed by atoms with van der Waals surface area (Å²) >= 11 is 0. The van der Waals surface area contributed by atoms with Crippen molar-refractivity contribution in [2.45, 2.75) is 38.5 Å². The van der Waals surface area contributed by atoms with Crippen molar-refractivity contribution < 1.29 is 14.3 Å². The second kappa shape index (κ2) is 6.33. The average Bonchev–Trinajstić information content (AvgIpc) is 2.78. The summed E-state index contributed by atoms with van der Waals surface area (Å²) in [6, 6.07) is -0.423. The Balaban J connectivity index is 2.60. The molecule has 1 rings (SSSR count). The van der Waals surface area contributed by atoms with Crippen LogP contribution >= 0.6 is 0 Å². The standard InChI is InChI=1S/C12H24N2O3/c1-5-8(2)11(13)12(15)14-6-9(16-3)10(7-14)17-4/h8-11H,5-7,13H2,1-4H3. The summed E-state index contributed by atoms with van der Waals surface area (Å²) in [5.74, 6) is 0.200. The van der Waals surface area contributed by atoms with E-state index in [0.717, 1.165) is 6.42 Å². The van der Waals surface area contributed by atoms with Gasteiger partial charge in [-0.25, -0.2) is 0 Å². The Morgan fingerprint density at radius 3 is 2.18 bits per heavy atom. The number of methoxy groups -OCH3 is 2. The molecule has 0 aliphatic carbocycles. The van der Waals surface area contributed by atoms with Gasteiger partial charge >= 0.3 is 0 Å². The lowest BCUT2D eigenvalue weighted by Crippen LogP contribution is -2.46. The van der Waals surface area contributed by atoms with Crippen LogP contribution in [0, 0.1) is 5.92 Å². The fourth-order valence-corrected chi connectivity index (χ4v) is 2.08. The van der Waals surface area contributed by atoms with Crippen LogP contribution in [0.4, 0.5) is 0 Å². The van der Waals surface area contributed by atoms with Gasteiger partial charge in [-0.15, -0.1) is 0 Å². The zero-order valence-electron chi connectivity index (χ0n) is 11.2. The van der Waals surface area contributed by atoms with Gasteiger partial charge in [0.25, 0.3) is 0 Å². The SMILES string of the molecule is CCC(C)C(N)C(=O)N1CC(OC)C(OC)C1. The fraction of sp³-hybridized carbons (Fsp3) is 0.917. The van der Waals surface area contributed by atoms with Gasteiger partial charge in [-0.1, -0.05) is 20.3 Å². The highest BCUT2D eigenvalue weighted by molar-refractivity contribution is 5.82. The molecule has 0 aromatic heterocycles. The Labute approximate surface area is 103 Å². The number of nitrogens with zero attached hydrogens (tertiary/aromatic N) is 1. The second-order valence-electron chi connectivity index (χ2n) is 4.70. The van der Waals surface area contributed by atoms with E-state index in [9.17, 15) is 4.79 Å². The van der Waals surface area contributed by atoms with Crippen LogP contribution in [0.25, 0.3) is 0 Å². The van der Waals surface area contributed by atoms with Crippen LogP contribution in [0.5, 0.6) is 0 Å². The minimum Gasteiger partial charge on any atom is -0.377 e.